The van der Waals surface area contributed by atoms with Gasteiger partial charge in [0, 0.05) is 43.9 Å². The number of aromatic nitrogens is 3. The molecule has 4 aromatic rings. The fourth-order valence-electron chi connectivity index (χ4n) is 3.09. The zero-order chi connectivity index (χ0) is 17.9. The Morgan fingerprint density at radius 3 is 2.69 bits per heavy atom. The van der Waals surface area contributed by atoms with Crippen LogP contribution < -0.4 is 0 Å². The van der Waals surface area contributed by atoms with Crippen molar-refractivity contribution in [1.82, 2.24) is 18.9 Å². The predicted molar refractivity (Wildman–Crippen MR) is 101 cm³/mol. The van der Waals surface area contributed by atoms with Gasteiger partial charge in [0.2, 0.25) is 0 Å². The van der Waals surface area contributed by atoms with Crippen molar-refractivity contribution in [2.45, 2.75) is 13.1 Å². The summed E-state index contributed by atoms with van der Waals surface area (Å²) in [5, 5.41) is 0. The monoisotopic (exact) mass is 344 g/mol. The molecule has 0 aliphatic heterocycles. The molecule has 4 rings (SSSR count). The van der Waals surface area contributed by atoms with Crippen molar-refractivity contribution in [3.8, 4) is 0 Å². The van der Waals surface area contributed by atoms with Crippen molar-refractivity contribution in [1.29, 1.82) is 0 Å². The molecule has 0 radical (unpaired) electrons. The number of benzene rings is 1. The van der Waals surface area contributed by atoms with E-state index >= 15 is 0 Å². The minimum Gasteiger partial charge on any atom is -0.334 e. The van der Waals surface area contributed by atoms with Gasteiger partial charge >= 0.3 is 0 Å². The van der Waals surface area contributed by atoms with Gasteiger partial charge in [0.25, 0.3) is 5.91 Å². The number of imidazole rings is 1. The van der Waals surface area contributed by atoms with Gasteiger partial charge < -0.3 is 13.9 Å². The molecule has 0 saturated carbocycles. The van der Waals surface area contributed by atoms with Crippen molar-refractivity contribution in [3.63, 3.8) is 0 Å². The molecule has 5 heteroatoms. The van der Waals surface area contributed by atoms with Gasteiger partial charge in [-0.3, -0.25) is 4.79 Å². The van der Waals surface area contributed by atoms with Crippen LogP contribution >= 0.6 is 0 Å². The molecule has 130 valence electrons. The Morgan fingerprint density at radius 2 is 1.88 bits per heavy atom. The van der Waals surface area contributed by atoms with E-state index in [4.69, 9.17) is 0 Å². The van der Waals surface area contributed by atoms with Crippen LogP contribution in [0.15, 0.2) is 79.4 Å². The first-order valence-electron chi connectivity index (χ1n) is 8.57. The van der Waals surface area contributed by atoms with Crippen molar-refractivity contribution in [3.05, 3.63) is 96.3 Å². The lowest BCUT2D eigenvalue weighted by Crippen LogP contribution is -2.27. The molecule has 0 aliphatic carbocycles. The number of amides is 1. The summed E-state index contributed by atoms with van der Waals surface area (Å²) in [6.45, 7) is 1.21. The van der Waals surface area contributed by atoms with Crippen LogP contribution in [0.25, 0.3) is 5.52 Å². The summed E-state index contributed by atoms with van der Waals surface area (Å²) < 4.78 is 4.03. The fraction of sp³-hybridized carbons (Fsp3) is 0.143. The van der Waals surface area contributed by atoms with Crippen molar-refractivity contribution in [2.24, 2.45) is 0 Å². The molecule has 0 bridgehead atoms. The second kappa shape index (κ2) is 6.88. The highest BCUT2D eigenvalue weighted by molar-refractivity contribution is 5.95. The molecular formula is C21H20N4O. The van der Waals surface area contributed by atoms with E-state index in [-0.39, 0.29) is 5.91 Å². The molecule has 0 saturated heterocycles. The molecule has 1 aromatic carbocycles. The second-order valence-corrected chi connectivity index (χ2v) is 6.38. The lowest BCUT2D eigenvalue weighted by Gasteiger charge is -2.17. The Labute approximate surface area is 152 Å². The zero-order valence-corrected chi connectivity index (χ0v) is 14.6. The largest absolute Gasteiger partial charge is 0.334 e. The lowest BCUT2D eigenvalue weighted by molar-refractivity contribution is 0.0780. The molecule has 3 aromatic heterocycles. The summed E-state index contributed by atoms with van der Waals surface area (Å²) in [6, 6.07) is 18.1. The minimum atomic E-state index is -0.0111. The van der Waals surface area contributed by atoms with Crippen LogP contribution in [0, 0.1) is 0 Å². The number of nitrogens with zero attached hydrogens (tertiary/aromatic N) is 4. The summed E-state index contributed by atoms with van der Waals surface area (Å²) in [6.07, 6.45) is 7.54. The third kappa shape index (κ3) is 3.24. The normalized spacial score (nSPS) is 11.0. The van der Waals surface area contributed by atoms with Crippen LogP contribution in [0.1, 0.15) is 21.7 Å². The molecule has 0 N–H and O–H groups in total. The third-order valence-electron chi connectivity index (χ3n) is 4.47. The van der Waals surface area contributed by atoms with Crippen LogP contribution in [0.3, 0.4) is 0 Å². The number of fused-ring (bicyclic) bond motifs is 1. The Kier molecular flexibility index (Phi) is 4.27. The fourth-order valence-corrected chi connectivity index (χ4v) is 3.09. The molecule has 5 nitrogen and oxygen atoms in total. The molecule has 26 heavy (non-hydrogen) atoms. The molecular weight excluding hydrogens is 324 g/mol. The zero-order valence-electron chi connectivity index (χ0n) is 14.6. The van der Waals surface area contributed by atoms with E-state index in [2.05, 4.69) is 21.7 Å². The maximum atomic E-state index is 12.8. The van der Waals surface area contributed by atoms with Crippen LogP contribution in [0.2, 0.25) is 0 Å². The second-order valence-electron chi connectivity index (χ2n) is 6.38. The Hall–Kier alpha value is -3.34. The van der Waals surface area contributed by atoms with Crippen LogP contribution in [0.4, 0.5) is 0 Å². The van der Waals surface area contributed by atoms with Crippen LogP contribution in [-0.2, 0) is 13.1 Å². The van der Waals surface area contributed by atoms with E-state index in [1.165, 1.54) is 5.56 Å². The van der Waals surface area contributed by atoms with E-state index < -0.39 is 0 Å². The quantitative estimate of drug-likeness (QED) is 0.556. The van der Waals surface area contributed by atoms with Crippen LogP contribution in [-0.4, -0.2) is 31.8 Å². The highest BCUT2D eigenvalue weighted by Gasteiger charge is 2.16. The van der Waals surface area contributed by atoms with Crippen molar-refractivity contribution >= 4 is 11.4 Å². The van der Waals surface area contributed by atoms with Gasteiger partial charge in [-0.1, -0.05) is 36.4 Å². The van der Waals surface area contributed by atoms with E-state index in [0.717, 1.165) is 17.9 Å². The first-order chi connectivity index (χ1) is 12.7. The molecule has 0 spiro atoms. The third-order valence-corrected chi connectivity index (χ3v) is 4.47. The maximum absolute atomic E-state index is 12.8. The summed E-state index contributed by atoms with van der Waals surface area (Å²) >= 11 is 0. The maximum Gasteiger partial charge on any atom is 0.255 e. The molecule has 0 unspecified atom stereocenters. The summed E-state index contributed by atoms with van der Waals surface area (Å²) in [7, 11) is 1.81. The minimum absolute atomic E-state index is 0.0111. The van der Waals surface area contributed by atoms with Gasteiger partial charge in [0.15, 0.2) is 0 Å². The molecule has 0 fully saturated rings. The van der Waals surface area contributed by atoms with E-state index in [9.17, 15) is 4.79 Å². The molecule has 0 atom stereocenters. The summed E-state index contributed by atoms with van der Waals surface area (Å²) in [5.74, 6) is 0.858. The number of hydrogen-bond acceptors (Lipinski definition) is 2. The first kappa shape index (κ1) is 16.1. The van der Waals surface area contributed by atoms with Crippen LogP contribution in [0.5, 0.6) is 0 Å². The topological polar surface area (TPSA) is 42.5 Å². The highest BCUT2D eigenvalue weighted by atomic mass is 16.2. The highest BCUT2D eigenvalue weighted by Crippen LogP contribution is 2.13. The Bertz CT molecular complexity index is 999. The Balaban J connectivity index is 1.50. The SMILES string of the molecule is CN(Cc1nccn1Cc1ccccc1)C(=O)c1cc2ccccn2c1. The lowest BCUT2D eigenvalue weighted by atomic mass is 10.2. The van der Waals surface area contributed by atoms with Crippen molar-refractivity contribution < 1.29 is 4.79 Å². The first-order valence-corrected chi connectivity index (χ1v) is 8.57. The average Bonchev–Trinajstić information content (AvgIpc) is 3.28. The average molecular weight is 344 g/mol. The van der Waals surface area contributed by atoms with E-state index in [1.807, 2.05) is 72.5 Å². The van der Waals surface area contributed by atoms with Gasteiger partial charge in [-0.15, -0.1) is 0 Å². The van der Waals surface area contributed by atoms with Gasteiger partial charge in [0.1, 0.15) is 5.82 Å². The van der Waals surface area contributed by atoms with Gasteiger partial charge in [-0.05, 0) is 23.8 Å². The van der Waals surface area contributed by atoms with Gasteiger partial charge in [-0.2, -0.15) is 0 Å². The Morgan fingerprint density at radius 1 is 1.08 bits per heavy atom. The predicted octanol–water partition coefficient (Wildman–Crippen LogP) is 3.46. The standard InChI is InChI=1S/C21H20N4O/c1-23(21(26)18-13-19-9-5-6-11-24(19)15-18)16-20-22-10-12-25(20)14-17-7-3-2-4-8-17/h2-13,15H,14,16H2,1H3. The molecule has 1 amide bonds. The smallest absolute Gasteiger partial charge is 0.255 e. The number of carbonyl (C=O) groups excluding carboxylic acids is 1. The summed E-state index contributed by atoms with van der Waals surface area (Å²) in [5.41, 5.74) is 2.90. The van der Waals surface area contributed by atoms with Crippen molar-refractivity contribution in [2.75, 3.05) is 7.05 Å². The number of carbonyl (C=O) groups is 1. The van der Waals surface area contributed by atoms with Gasteiger partial charge in [-0.25, -0.2) is 4.98 Å². The number of rotatable bonds is 5. The summed E-state index contributed by atoms with van der Waals surface area (Å²) in [4.78, 5) is 18.9. The number of hydrogen-bond donors (Lipinski definition) is 0. The molecule has 0 aliphatic rings. The number of pyridine rings is 1. The van der Waals surface area contributed by atoms with Gasteiger partial charge in [0.05, 0.1) is 12.1 Å². The van der Waals surface area contributed by atoms with E-state index in [1.54, 1.807) is 11.1 Å². The molecule has 3 heterocycles. The van der Waals surface area contributed by atoms with E-state index in [0.29, 0.717) is 12.1 Å².